The topological polar surface area (TPSA) is 26.3 Å². The number of carbonyl (C=O) groups excluding carboxylic acids is 1. The lowest BCUT2D eigenvalue weighted by molar-refractivity contribution is -0.157. The van der Waals surface area contributed by atoms with Crippen LogP contribution in [0.15, 0.2) is 0 Å². The fourth-order valence-electron chi connectivity index (χ4n) is 1.87. The van der Waals surface area contributed by atoms with Gasteiger partial charge >= 0.3 is 5.97 Å². The van der Waals surface area contributed by atoms with Crippen LogP contribution in [0, 0.1) is 5.92 Å². The van der Waals surface area contributed by atoms with Gasteiger partial charge in [-0.3, -0.25) is 4.79 Å². The van der Waals surface area contributed by atoms with Crippen LogP contribution in [0.5, 0.6) is 0 Å². The summed E-state index contributed by atoms with van der Waals surface area (Å²) in [5, 5.41) is 0. The van der Waals surface area contributed by atoms with Crippen molar-refractivity contribution in [3.8, 4) is 0 Å². The number of hydrogen-bond acceptors (Lipinski definition) is 2. The van der Waals surface area contributed by atoms with Crippen LogP contribution in [0.25, 0.3) is 0 Å². The van der Waals surface area contributed by atoms with Crippen molar-refractivity contribution in [2.45, 2.75) is 64.9 Å². The molecule has 0 N–H and O–H groups in total. The van der Waals surface area contributed by atoms with E-state index < -0.39 is 0 Å². The molecule has 0 saturated heterocycles. The van der Waals surface area contributed by atoms with Crippen molar-refractivity contribution >= 4 is 5.97 Å². The molecule has 0 heterocycles. The highest BCUT2D eigenvalue weighted by Crippen LogP contribution is 2.28. The van der Waals surface area contributed by atoms with Gasteiger partial charge in [0, 0.05) is 6.42 Å². The lowest BCUT2D eigenvalue weighted by Crippen LogP contribution is -2.27. The van der Waals surface area contributed by atoms with E-state index in [0.717, 1.165) is 6.42 Å². The highest BCUT2D eigenvalue weighted by atomic mass is 16.6. The third kappa shape index (κ3) is 3.69. The Balaban J connectivity index is 2.27. The molecule has 1 rings (SSSR count). The quantitative estimate of drug-likeness (QED) is 0.648. The summed E-state index contributed by atoms with van der Waals surface area (Å²) in [4.78, 5) is 11.6. The first kappa shape index (κ1) is 11.5. The van der Waals surface area contributed by atoms with E-state index in [0.29, 0.717) is 12.3 Å². The smallest absolute Gasteiger partial charge is 0.306 e. The van der Waals surface area contributed by atoms with Gasteiger partial charge in [-0.05, 0) is 39.0 Å². The van der Waals surface area contributed by atoms with Gasteiger partial charge in [-0.1, -0.05) is 19.8 Å². The molecule has 82 valence electrons. The Hall–Kier alpha value is -0.530. The molecule has 1 saturated carbocycles. The Morgan fingerprint density at radius 3 is 2.43 bits per heavy atom. The van der Waals surface area contributed by atoms with Crippen molar-refractivity contribution in [2.75, 3.05) is 0 Å². The predicted molar refractivity (Wildman–Crippen MR) is 57.0 cm³/mol. The van der Waals surface area contributed by atoms with Crippen molar-refractivity contribution < 1.29 is 9.53 Å². The second kappa shape index (κ2) is 4.81. The third-order valence-electron chi connectivity index (χ3n) is 3.17. The average Bonchev–Trinajstić information content (AvgIpc) is 2.55. The number of ether oxygens (including phenoxy) is 1. The van der Waals surface area contributed by atoms with Gasteiger partial charge < -0.3 is 4.74 Å². The number of hydrogen-bond donors (Lipinski definition) is 0. The summed E-state index contributed by atoms with van der Waals surface area (Å²) in [7, 11) is 0. The van der Waals surface area contributed by atoms with Crippen LogP contribution in [-0.4, -0.2) is 11.6 Å². The maximum Gasteiger partial charge on any atom is 0.306 e. The van der Waals surface area contributed by atoms with E-state index in [1.807, 2.05) is 20.8 Å². The molecule has 2 nitrogen and oxygen atoms in total. The van der Waals surface area contributed by atoms with Gasteiger partial charge in [0.05, 0.1) is 0 Å². The minimum Gasteiger partial charge on any atom is -0.460 e. The summed E-state index contributed by atoms with van der Waals surface area (Å²) in [6.07, 6.45) is 6.50. The molecule has 0 spiro atoms. The molecule has 1 aliphatic rings. The van der Waals surface area contributed by atoms with Gasteiger partial charge in [0.1, 0.15) is 5.60 Å². The largest absolute Gasteiger partial charge is 0.460 e. The van der Waals surface area contributed by atoms with Gasteiger partial charge in [0.25, 0.3) is 0 Å². The lowest BCUT2D eigenvalue weighted by atomic mass is 10.0. The molecule has 0 bridgehead atoms. The minimum absolute atomic E-state index is 0.0104. The number of carbonyl (C=O) groups is 1. The molecule has 0 unspecified atom stereocenters. The number of esters is 1. The van der Waals surface area contributed by atoms with E-state index in [2.05, 4.69) is 0 Å². The second-order valence-corrected chi connectivity index (χ2v) is 4.94. The first-order chi connectivity index (χ1) is 6.53. The Kier molecular flexibility index (Phi) is 3.97. The Labute approximate surface area is 87.0 Å². The van der Waals surface area contributed by atoms with Crippen molar-refractivity contribution in [3.63, 3.8) is 0 Å². The van der Waals surface area contributed by atoms with Crippen molar-refractivity contribution in [2.24, 2.45) is 5.92 Å². The molecule has 0 amide bonds. The monoisotopic (exact) mass is 198 g/mol. The van der Waals surface area contributed by atoms with Gasteiger partial charge in [0.2, 0.25) is 0 Å². The Morgan fingerprint density at radius 2 is 1.93 bits per heavy atom. The Bertz CT molecular complexity index is 190. The average molecular weight is 198 g/mol. The maximum absolute atomic E-state index is 11.6. The molecular formula is C12H22O2. The zero-order valence-corrected chi connectivity index (χ0v) is 9.64. The first-order valence-electron chi connectivity index (χ1n) is 5.75. The van der Waals surface area contributed by atoms with Crippen molar-refractivity contribution in [1.82, 2.24) is 0 Å². The summed E-state index contributed by atoms with van der Waals surface area (Å²) in [6, 6.07) is 0. The van der Waals surface area contributed by atoms with Crippen LogP contribution >= 0.6 is 0 Å². The summed E-state index contributed by atoms with van der Waals surface area (Å²) >= 11 is 0. The van der Waals surface area contributed by atoms with Crippen LogP contribution in [0.4, 0.5) is 0 Å². The fourth-order valence-corrected chi connectivity index (χ4v) is 1.87. The third-order valence-corrected chi connectivity index (χ3v) is 3.17. The van der Waals surface area contributed by atoms with Crippen LogP contribution in [0.1, 0.15) is 59.3 Å². The van der Waals surface area contributed by atoms with Gasteiger partial charge in [-0.25, -0.2) is 0 Å². The predicted octanol–water partition coefficient (Wildman–Crippen LogP) is 3.30. The van der Waals surface area contributed by atoms with Crippen LogP contribution in [-0.2, 0) is 9.53 Å². The first-order valence-corrected chi connectivity index (χ1v) is 5.75. The van der Waals surface area contributed by atoms with Gasteiger partial charge in [-0.15, -0.1) is 0 Å². The van der Waals surface area contributed by atoms with E-state index >= 15 is 0 Å². The molecule has 0 aromatic carbocycles. The van der Waals surface area contributed by atoms with E-state index in [-0.39, 0.29) is 11.6 Å². The van der Waals surface area contributed by atoms with E-state index in [9.17, 15) is 4.79 Å². The molecule has 0 aliphatic heterocycles. The molecular weight excluding hydrogens is 176 g/mol. The molecule has 0 radical (unpaired) electrons. The van der Waals surface area contributed by atoms with Crippen LogP contribution < -0.4 is 0 Å². The molecule has 0 aromatic rings. The summed E-state index contributed by atoms with van der Waals surface area (Å²) in [5.74, 6) is 0.582. The molecule has 1 fully saturated rings. The van der Waals surface area contributed by atoms with Gasteiger partial charge in [0.15, 0.2) is 0 Å². The minimum atomic E-state index is -0.282. The molecule has 0 atom stereocenters. The zero-order chi connectivity index (χ0) is 10.6. The van der Waals surface area contributed by atoms with Crippen LogP contribution in [0.3, 0.4) is 0 Å². The van der Waals surface area contributed by atoms with E-state index in [1.165, 1.54) is 25.7 Å². The molecule has 2 heteroatoms. The molecule has 0 aromatic heterocycles. The number of rotatable bonds is 4. The lowest BCUT2D eigenvalue weighted by Gasteiger charge is -2.24. The summed E-state index contributed by atoms with van der Waals surface area (Å²) in [6.45, 7) is 5.99. The van der Waals surface area contributed by atoms with Crippen molar-refractivity contribution in [1.29, 1.82) is 0 Å². The molecule has 14 heavy (non-hydrogen) atoms. The van der Waals surface area contributed by atoms with Crippen molar-refractivity contribution in [3.05, 3.63) is 0 Å². The fraction of sp³-hybridized carbons (Fsp3) is 0.917. The highest BCUT2D eigenvalue weighted by Gasteiger charge is 2.24. The van der Waals surface area contributed by atoms with Gasteiger partial charge in [-0.2, -0.15) is 0 Å². The Morgan fingerprint density at radius 1 is 1.36 bits per heavy atom. The van der Waals surface area contributed by atoms with Crippen LogP contribution in [0.2, 0.25) is 0 Å². The van der Waals surface area contributed by atoms with E-state index in [1.54, 1.807) is 0 Å². The maximum atomic E-state index is 11.6. The zero-order valence-electron chi connectivity index (χ0n) is 9.64. The highest BCUT2D eigenvalue weighted by molar-refractivity contribution is 5.70. The standard InChI is InChI=1S/C12H22O2/c1-4-12(2,3)14-11(13)9-10-7-5-6-8-10/h10H,4-9H2,1-3H3. The second-order valence-electron chi connectivity index (χ2n) is 4.94. The SMILES string of the molecule is CCC(C)(C)OC(=O)CC1CCCC1. The summed E-state index contributed by atoms with van der Waals surface area (Å²) in [5.41, 5.74) is -0.282. The van der Waals surface area contributed by atoms with E-state index in [4.69, 9.17) is 4.74 Å². The molecule has 1 aliphatic carbocycles. The summed E-state index contributed by atoms with van der Waals surface area (Å²) < 4.78 is 5.41. The normalized spacial score (nSPS) is 18.5.